The molecule has 0 N–H and O–H groups in total. The van der Waals surface area contributed by atoms with Gasteiger partial charge in [0, 0.05) is 12.3 Å². The van der Waals surface area contributed by atoms with E-state index in [1.165, 1.54) is 0 Å². The lowest BCUT2D eigenvalue weighted by molar-refractivity contribution is -0.141. The van der Waals surface area contributed by atoms with Gasteiger partial charge < -0.3 is 4.57 Å². The second-order valence-corrected chi connectivity index (χ2v) is 2.61. The largest absolute Gasteiger partial charge is 0.406 e. The van der Waals surface area contributed by atoms with Gasteiger partial charge in [-0.3, -0.25) is 4.79 Å². The number of nitriles is 1. The standard InChI is InChI=1S/C8H5F3N2O/c9-8(10,11)5-13-2-1-6(4-12)3-7(13)14/h1-3H,5H2. The van der Waals surface area contributed by atoms with Crippen molar-refractivity contribution < 1.29 is 13.2 Å². The zero-order chi connectivity index (χ0) is 10.8. The van der Waals surface area contributed by atoms with Crippen LogP contribution in [0.4, 0.5) is 13.2 Å². The average Bonchev–Trinajstić information content (AvgIpc) is 2.06. The van der Waals surface area contributed by atoms with Crippen LogP contribution in [0.3, 0.4) is 0 Å². The summed E-state index contributed by atoms with van der Waals surface area (Å²) in [5.41, 5.74) is -0.783. The zero-order valence-electron chi connectivity index (χ0n) is 6.88. The molecule has 0 radical (unpaired) electrons. The Morgan fingerprint density at radius 1 is 1.50 bits per heavy atom. The Balaban J connectivity index is 3.03. The van der Waals surface area contributed by atoms with Crippen LogP contribution >= 0.6 is 0 Å². The van der Waals surface area contributed by atoms with E-state index in [4.69, 9.17) is 5.26 Å². The molecule has 0 atom stereocenters. The monoisotopic (exact) mass is 202 g/mol. The minimum Gasteiger partial charge on any atom is -0.306 e. The number of nitrogens with zero attached hydrogens (tertiary/aromatic N) is 2. The SMILES string of the molecule is N#Cc1ccn(CC(F)(F)F)c(=O)c1. The van der Waals surface area contributed by atoms with E-state index in [-0.39, 0.29) is 5.56 Å². The molecule has 1 rings (SSSR count). The highest BCUT2D eigenvalue weighted by molar-refractivity contribution is 5.25. The van der Waals surface area contributed by atoms with Crippen LogP contribution in [0.1, 0.15) is 5.56 Å². The van der Waals surface area contributed by atoms with Crippen LogP contribution in [0.25, 0.3) is 0 Å². The van der Waals surface area contributed by atoms with E-state index in [0.29, 0.717) is 4.57 Å². The van der Waals surface area contributed by atoms with Crippen molar-refractivity contribution in [1.82, 2.24) is 4.57 Å². The molecule has 0 aliphatic carbocycles. The molecule has 0 aliphatic heterocycles. The fourth-order valence-corrected chi connectivity index (χ4v) is 0.901. The van der Waals surface area contributed by atoms with Crippen LogP contribution in [-0.2, 0) is 6.54 Å². The summed E-state index contributed by atoms with van der Waals surface area (Å²) in [5.74, 6) is 0. The van der Waals surface area contributed by atoms with Gasteiger partial charge in [-0.2, -0.15) is 18.4 Å². The molecular formula is C8H5F3N2O. The van der Waals surface area contributed by atoms with Crippen molar-refractivity contribution in [2.24, 2.45) is 0 Å². The molecule has 74 valence electrons. The van der Waals surface area contributed by atoms with Crippen molar-refractivity contribution in [2.75, 3.05) is 0 Å². The van der Waals surface area contributed by atoms with Crippen LogP contribution in [0, 0.1) is 11.3 Å². The van der Waals surface area contributed by atoms with Gasteiger partial charge >= 0.3 is 6.18 Å². The molecule has 1 aromatic heterocycles. The van der Waals surface area contributed by atoms with Crippen molar-refractivity contribution in [3.05, 3.63) is 34.2 Å². The number of hydrogen-bond donors (Lipinski definition) is 0. The van der Waals surface area contributed by atoms with Crippen LogP contribution < -0.4 is 5.56 Å². The first kappa shape index (κ1) is 10.3. The normalized spacial score (nSPS) is 11.0. The number of hydrogen-bond acceptors (Lipinski definition) is 2. The minimum atomic E-state index is -4.43. The van der Waals surface area contributed by atoms with E-state index in [2.05, 4.69) is 0 Å². The average molecular weight is 202 g/mol. The first-order valence-corrected chi connectivity index (χ1v) is 3.60. The summed E-state index contributed by atoms with van der Waals surface area (Å²) >= 11 is 0. The lowest BCUT2D eigenvalue weighted by Gasteiger charge is -2.08. The van der Waals surface area contributed by atoms with Crippen molar-refractivity contribution in [3.63, 3.8) is 0 Å². The van der Waals surface area contributed by atoms with E-state index >= 15 is 0 Å². The third-order valence-corrected chi connectivity index (χ3v) is 1.47. The molecule has 0 saturated heterocycles. The summed E-state index contributed by atoms with van der Waals surface area (Å²) in [6, 6.07) is 3.69. The number of rotatable bonds is 1. The van der Waals surface area contributed by atoms with E-state index < -0.39 is 18.3 Å². The molecule has 14 heavy (non-hydrogen) atoms. The predicted octanol–water partition coefficient (Wildman–Crippen LogP) is 1.28. The maximum Gasteiger partial charge on any atom is 0.406 e. The fourth-order valence-electron chi connectivity index (χ4n) is 0.901. The summed E-state index contributed by atoms with van der Waals surface area (Å²) in [6.45, 7) is -1.34. The van der Waals surface area contributed by atoms with Gasteiger partial charge in [0.1, 0.15) is 6.54 Å². The van der Waals surface area contributed by atoms with Crippen molar-refractivity contribution in [1.29, 1.82) is 5.26 Å². The van der Waals surface area contributed by atoms with Gasteiger partial charge in [-0.1, -0.05) is 0 Å². The van der Waals surface area contributed by atoms with Gasteiger partial charge in [-0.05, 0) is 6.07 Å². The van der Waals surface area contributed by atoms with E-state index in [1.54, 1.807) is 6.07 Å². The first-order chi connectivity index (χ1) is 6.42. The number of alkyl halides is 3. The molecule has 3 nitrogen and oxygen atoms in total. The summed E-state index contributed by atoms with van der Waals surface area (Å²) in [5, 5.41) is 8.37. The molecule has 0 saturated carbocycles. The van der Waals surface area contributed by atoms with Crippen molar-refractivity contribution in [2.45, 2.75) is 12.7 Å². The Morgan fingerprint density at radius 2 is 2.14 bits per heavy atom. The Morgan fingerprint density at radius 3 is 2.57 bits per heavy atom. The fraction of sp³-hybridized carbons (Fsp3) is 0.250. The van der Waals surface area contributed by atoms with Crippen LogP contribution in [0.2, 0.25) is 0 Å². The maximum atomic E-state index is 11.9. The molecule has 6 heteroatoms. The number of pyridine rings is 1. The maximum absolute atomic E-state index is 11.9. The van der Waals surface area contributed by atoms with Crippen LogP contribution in [0.5, 0.6) is 0 Å². The third kappa shape index (κ3) is 2.62. The van der Waals surface area contributed by atoms with Gasteiger partial charge in [-0.25, -0.2) is 0 Å². The summed E-state index contributed by atoms with van der Waals surface area (Å²) in [6.07, 6.45) is -3.48. The van der Waals surface area contributed by atoms with E-state index in [9.17, 15) is 18.0 Å². The molecule has 0 aromatic carbocycles. The molecule has 1 aromatic rings. The van der Waals surface area contributed by atoms with Crippen molar-refractivity contribution in [3.8, 4) is 6.07 Å². The van der Waals surface area contributed by atoms with Gasteiger partial charge in [0.2, 0.25) is 0 Å². The smallest absolute Gasteiger partial charge is 0.306 e. The lowest BCUT2D eigenvalue weighted by Crippen LogP contribution is -2.27. The molecule has 0 spiro atoms. The van der Waals surface area contributed by atoms with Gasteiger partial charge in [0.05, 0.1) is 11.6 Å². The molecule has 0 aliphatic rings. The molecule has 0 amide bonds. The summed E-state index contributed by atoms with van der Waals surface area (Å²) in [4.78, 5) is 11.0. The highest BCUT2D eigenvalue weighted by Gasteiger charge is 2.28. The van der Waals surface area contributed by atoms with Gasteiger partial charge in [0.15, 0.2) is 0 Å². The highest BCUT2D eigenvalue weighted by Crippen LogP contribution is 2.16. The van der Waals surface area contributed by atoms with Crippen LogP contribution in [0.15, 0.2) is 23.1 Å². The number of halogens is 3. The second kappa shape index (κ2) is 3.54. The molecule has 0 fully saturated rings. The predicted molar refractivity (Wildman–Crippen MR) is 41.5 cm³/mol. The highest BCUT2D eigenvalue weighted by atomic mass is 19.4. The Hall–Kier alpha value is -1.77. The van der Waals surface area contributed by atoms with Crippen molar-refractivity contribution >= 4 is 0 Å². The first-order valence-electron chi connectivity index (χ1n) is 3.60. The molecule has 0 unspecified atom stereocenters. The minimum absolute atomic E-state index is 0.0495. The van der Waals surface area contributed by atoms with Gasteiger partial charge in [0.25, 0.3) is 5.56 Å². The van der Waals surface area contributed by atoms with E-state index in [1.807, 2.05) is 0 Å². The Labute approximate surface area is 77.0 Å². The Kier molecular flexibility index (Phi) is 2.60. The zero-order valence-corrected chi connectivity index (χ0v) is 6.88. The second-order valence-electron chi connectivity index (χ2n) is 2.61. The Bertz CT molecular complexity index is 427. The quantitative estimate of drug-likeness (QED) is 0.688. The topological polar surface area (TPSA) is 45.8 Å². The lowest BCUT2D eigenvalue weighted by atomic mass is 10.3. The third-order valence-electron chi connectivity index (χ3n) is 1.47. The molecular weight excluding hydrogens is 197 g/mol. The summed E-state index contributed by atoms with van der Waals surface area (Å²) < 4.78 is 36.1. The van der Waals surface area contributed by atoms with Gasteiger partial charge in [-0.15, -0.1) is 0 Å². The van der Waals surface area contributed by atoms with E-state index in [0.717, 1.165) is 18.3 Å². The van der Waals surface area contributed by atoms with Crippen LogP contribution in [-0.4, -0.2) is 10.7 Å². The molecule has 1 heterocycles. The number of aromatic nitrogens is 1. The molecule has 0 bridgehead atoms. The summed E-state index contributed by atoms with van der Waals surface area (Å²) in [7, 11) is 0.